The number of carbonyl (C=O) groups is 1. The highest BCUT2D eigenvalue weighted by molar-refractivity contribution is 6.01. The van der Waals surface area contributed by atoms with E-state index in [4.69, 9.17) is 5.73 Å². The summed E-state index contributed by atoms with van der Waals surface area (Å²) in [5, 5.41) is 20.5. The second kappa shape index (κ2) is 3.88. The minimum Gasteiger partial charge on any atom is -0.382 e. The van der Waals surface area contributed by atoms with Gasteiger partial charge in [-0.25, -0.2) is 0 Å². The van der Waals surface area contributed by atoms with Crippen LogP contribution in [0.1, 0.15) is 10.5 Å². The van der Waals surface area contributed by atoms with Gasteiger partial charge >= 0.3 is 0 Å². The predicted octanol–water partition coefficient (Wildman–Crippen LogP) is -1.17. The van der Waals surface area contributed by atoms with Crippen LogP contribution in [0.15, 0.2) is 12.1 Å². The van der Waals surface area contributed by atoms with Crippen LogP contribution in [0.2, 0.25) is 0 Å². The van der Waals surface area contributed by atoms with Crippen molar-refractivity contribution in [3.8, 4) is 0 Å². The van der Waals surface area contributed by atoms with E-state index in [1.807, 2.05) is 0 Å². The van der Waals surface area contributed by atoms with E-state index < -0.39 is 5.91 Å². The van der Waals surface area contributed by atoms with Gasteiger partial charge in [-0.15, -0.1) is 15.3 Å². The minimum absolute atomic E-state index is 0.103. The molecule has 0 aliphatic carbocycles. The maximum atomic E-state index is 11.6. The van der Waals surface area contributed by atoms with Gasteiger partial charge in [0.25, 0.3) is 11.9 Å². The number of hydrogen-bond donors (Lipinski definition) is 2. The number of anilines is 2. The van der Waals surface area contributed by atoms with E-state index >= 15 is 0 Å². The summed E-state index contributed by atoms with van der Waals surface area (Å²) in [4.78, 5) is 12.8. The lowest BCUT2D eigenvalue weighted by Crippen LogP contribution is -2.15. The number of aryl methyl sites for hydroxylation is 1. The average Bonchev–Trinajstić information content (AvgIpc) is 2.65. The molecule has 0 radical (unpaired) electrons. The molecule has 1 amide bonds. The highest BCUT2D eigenvalue weighted by Gasteiger charge is 2.10. The van der Waals surface area contributed by atoms with Crippen LogP contribution in [0, 0.1) is 0 Å². The zero-order chi connectivity index (χ0) is 11.5. The molecule has 0 fully saturated rings. The molecule has 0 saturated heterocycles. The van der Waals surface area contributed by atoms with E-state index in [9.17, 15) is 4.79 Å². The third-order valence-electron chi connectivity index (χ3n) is 1.65. The zero-order valence-corrected chi connectivity index (χ0v) is 8.32. The Balaban J connectivity index is 2.11. The van der Waals surface area contributed by atoms with Gasteiger partial charge in [0.1, 0.15) is 5.82 Å². The number of aromatic nitrogens is 6. The van der Waals surface area contributed by atoms with E-state index in [-0.39, 0.29) is 17.5 Å². The zero-order valence-electron chi connectivity index (χ0n) is 8.32. The van der Waals surface area contributed by atoms with E-state index in [1.54, 1.807) is 7.05 Å². The first kappa shape index (κ1) is 9.96. The largest absolute Gasteiger partial charge is 0.382 e. The Hall–Kier alpha value is -2.58. The van der Waals surface area contributed by atoms with Crippen molar-refractivity contribution in [1.82, 2.24) is 30.4 Å². The van der Waals surface area contributed by atoms with Gasteiger partial charge in [-0.05, 0) is 17.3 Å². The van der Waals surface area contributed by atoms with E-state index in [2.05, 4.69) is 30.9 Å². The van der Waals surface area contributed by atoms with Crippen LogP contribution in [0.4, 0.5) is 11.8 Å². The number of carbonyl (C=O) groups excluding carboxylic acids is 1. The van der Waals surface area contributed by atoms with Gasteiger partial charge in [-0.3, -0.25) is 10.1 Å². The molecule has 2 heterocycles. The number of nitrogens with zero attached hydrogens (tertiary/aromatic N) is 6. The number of tetrazole rings is 1. The highest BCUT2D eigenvalue weighted by Crippen LogP contribution is 2.00. The first-order valence-electron chi connectivity index (χ1n) is 4.30. The molecule has 0 unspecified atom stereocenters. The van der Waals surface area contributed by atoms with Gasteiger partial charge in [0.2, 0.25) is 0 Å². The van der Waals surface area contributed by atoms with Crippen molar-refractivity contribution in [2.45, 2.75) is 0 Å². The number of amides is 1. The Labute approximate surface area is 89.7 Å². The fourth-order valence-electron chi connectivity index (χ4n) is 0.963. The smallest absolute Gasteiger partial charge is 0.278 e. The summed E-state index contributed by atoms with van der Waals surface area (Å²) >= 11 is 0. The maximum absolute atomic E-state index is 11.6. The molecule has 16 heavy (non-hydrogen) atoms. The van der Waals surface area contributed by atoms with Crippen molar-refractivity contribution in [2.24, 2.45) is 7.05 Å². The van der Waals surface area contributed by atoms with E-state index in [1.165, 1.54) is 16.9 Å². The Morgan fingerprint density at radius 3 is 2.75 bits per heavy atom. The molecule has 3 N–H and O–H groups in total. The third-order valence-corrected chi connectivity index (χ3v) is 1.65. The lowest BCUT2D eigenvalue weighted by Gasteiger charge is -1.98. The number of nitrogens with one attached hydrogen (secondary N) is 1. The summed E-state index contributed by atoms with van der Waals surface area (Å²) in [6.45, 7) is 0. The number of nitrogen functional groups attached to an aromatic ring is 1. The quantitative estimate of drug-likeness (QED) is 0.653. The molecule has 0 saturated carbocycles. The second-order valence-electron chi connectivity index (χ2n) is 2.90. The molecule has 0 aromatic carbocycles. The topological polar surface area (TPSA) is 124 Å². The predicted molar refractivity (Wildman–Crippen MR) is 53.2 cm³/mol. The lowest BCUT2D eigenvalue weighted by molar-refractivity contribution is 0.102. The van der Waals surface area contributed by atoms with Gasteiger partial charge in [0.05, 0.1) is 7.05 Å². The van der Waals surface area contributed by atoms with Crippen LogP contribution in [0.5, 0.6) is 0 Å². The first-order chi connectivity index (χ1) is 7.65. The van der Waals surface area contributed by atoms with Crippen molar-refractivity contribution >= 4 is 17.7 Å². The monoisotopic (exact) mass is 220 g/mol. The summed E-state index contributed by atoms with van der Waals surface area (Å²) < 4.78 is 0. The van der Waals surface area contributed by atoms with Crippen molar-refractivity contribution in [3.63, 3.8) is 0 Å². The highest BCUT2D eigenvalue weighted by atomic mass is 16.2. The molecule has 0 atom stereocenters. The van der Waals surface area contributed by atoms with Crippen molar-refractivity contribution in [2.75, 3.05) is 11.1 Å². The molecule has 0 spiro atoms. The van der Waals surface area contributed by atoms with Crippen molar-refractivity contribution in [3.05, 3.63) is 17.8 Å². The Morgan fingerprint density at radius 2 is 2.19 bits per heavy atom. The van der Waals surface area contributed by atoms with Gasteiger partial charge in [0, 0.05) is 0 Å². The standard InChI is InChI=1S/C7H8N8O/c1-15-13-7(12-14-15)9-6(16)4-2-3-5(8)11-10-4/h2-3H,1H3,(H2,8,11)(H,9,13,16). The average molecular weight is 220 g/mol. The fraction of sp³-hybridized carbons (Fsp3) is 0.143. The van der Waals surface area contributed by atoms with Gasteiger partial charge in [0.15, 0.2) is 5.69 Å². The summed E-state index contributed by atoms with van der Waals surface area (Å²) in [6, 6.07) is 2.93. The molecule has 9 heteroatoms. The van der Waals surface area contributed by atoms with Gasteiger partial charge < -0.3 is 5.73 Å². The second-order valence-corrected chi connectivity index (χ2v) is 2.90. The van der Waals surface area contributed by atoms with Gasteiger partial charge in [-0.1, -0.05) is 5.10 Å². The SMILES string of the molecule is Cn1nnc(NC(=O)c2ccc(N)nn2)n1. The normalized spacial score (nSPS) is 10.1. The summed E-state index contributed by atoms with van der Waals surface area (Å²) in [7, 11) is 1.59. The number of nitrogens with two attached hydrogens (primary N) is 1. The summed E-state index contributed by atoms with van der Waals surface area (Å²) in [6.07, 6.45) is 0. The molecule has 2 aromatic rings. The Bertz CT molecular complexity index is 503. The molecular formula is C7H8N8O. The van der Waals surface area contributed by atoms with Crippen LogP contribution in [0.25, 0.3) is 0 Å². The van der Waals surface area contributed by atoms with Crippen molar-refractivity contribution in [1.29, 1.82) is 0 Å². The first-order valence-corrected chi connectivity index (χ1v) is 4.30. The summed E-state index contributed by atoms with van der Waals surface area (Å²) in [5.41, 5.74) is 5.47. The maximum Gasteiger partial charge on any atom is 0.278 e. The third kappa shape index (κ3) is 2.08. The molecule has 2 aromatic heterocycles. The molecule has 0 bridgehead atoms. The Morgan fingerprint density at radius 1 is 1.38 bits per heavy atom. The minimum atomic E-state index is -0.472. The number of rotatable bonds is 2. The molecular weight excluding hydrogens is 212 g/mol. The fourth-order valence-corrected chi connectivity index (χ4v) is 0.963. The van der Waals surface area contributed by atoms with Crippen LogP contribution in [-0.4, -0.2) is 36.3 Å². The molecule has 82 valence electrons. The van der Waals surface area contributed by atoms with Crippen LogP contribution in [-0.2, 0) is 7.05 Å². The van der Waals surface area contributed by atoms with Crippen LogP contribution < -0.4 is 11.1 Å². The van der Waals surface area contributed by atoms with E-state index in [0.717, 1.165) is 0 Å². The molecule has 0 aliphatic rings. The summed E-state index contributed by atoms with van der Waals surface area (Å²) in [5.74, 6) is -0.124. The van der Waals surface area contributed by atoms with Crippen LogP contribution >= 0.6 is 0 Å². The molecule has 0 aliphatic heterocycles. The molecule has 2 rings (SSSR count). The van der Waals surface area contributed by atoms with E-state index in [0.29, 0.717) is 0 Å². The van der Waals surface area contributed by atoms with Crippen molar-refractivity contribution < 1.29 is 4.79 Å². The van der Waals surface area contributed by atoms with Gasteiger partial charge in [-0.2, -0.15) is 4.80 Å². The molecule has 9 nitrogen and oxygen atoms in total. The Kier molecular flexibility index (Phi) is 2.42. The number of hydrogen-bond acceptors (Lipinski definition) is 7. The van der Waals surface area contributed by atoms with Crippen LogP contribution in [0.3, 0.4) is 0 Å². The lowest BCUT2D eigenvalue weighted by atomic mass is 10.3.